The lowest BCUT2D eigenvalue weighted by atomic mass is 9.95. The van der Waals surface area contributed by atoms with Crippen LogP contribution in [-0.4, -0.2) is 56.9 Å². The summed E-state index contributed by atoms with van der Waals surface area (Å²) in [7, 11) is 0. The third-order valence-corrected chi connectivity index (χ3v) is 5.24. The van der Waals surface area contributed by atoms with E-state index in [1.165, 1.54) is 0 Å². The highest BCUT2D eigenvalue weighted by Crippen LogP contribution is 2.32. The largest absolute Gasteiger partial charge is 0.507 e. The zero-order chi connectivity index (χ0) is 18.9. The summed E-state index contributed by atoms with van der Waals surface area (Å²) in [6.45, 7) is 1.46. The molecule has 0 amide bonds. The van der Waals surface area contributed by atoms with Crippen molar-refractivity contribution in [3.63, 3.8) is 0 Å². The van der Waals surface area contributed by atoms with Crippen molar-refractivity contribution in [3.8, 4) is 34.0 Å². The van der Waals surface area contributed by atoms with Crippen LogP contribution in [0.2, 0.25) is 0 Å². The first-order valence-electron chi connectivity index (χ1n) is 9.41. The molecule has 4 heterocycles. The number of fused-ring (bicyclic) bond motifs is 2. The van der Waals surface area contributed by atoms with Crippen molar-refractivity contribution in [2.75, 3.05) is 13.2 Å². The van der Waals surface area contributed by atoms with Gasteiger partial charge in [0.2, 0.25) is 5.88 Å². The molecule has 8 nitrogen and oxygen atoms in total. The van der Waals surface area contributed by atoms with Gasteiger partial charge >= 0.3 is 0 Å². The Morgan fingerprint density at radius 1 is 1.04 bits per heavy atom. The van der Waals surface area contributed by atoms with Gasteiger partial charge in [0.05, 0.1) is 25.1 Å². The summed E-state index contributed by atoms with van der Waals surface area (Å²) in [4.78, 5) is 0. The Kier molecular flexibility index (Phi) is 4.42. The van der Waals surface area contributed by atoms with Gasteiger partial charge in [0, 0.05) is 48.3 Å². The number of nitrogens with zero attached hydrogens (tertiary/aromatic N) is 3. The number of benzene rings is 1. The highest BCUT2D eigenvalue weighted by Gasteiger charge is 2.33. The molecule has 3 N–H and O–H groups in total. The third kappa shape index (κ3) is 3.44. The maximum Gasteiger partial charge on any atom is 0.233 e. The molecule has 144 valence electrons. The van der Waals surface area contributed by atoms with Crippen LogP contribution >= 0.6 is 0 Å². The smallest absolute Gasteiger partial charge is 0.233 e. The number of hydrogen-bond donors (Lipinski definition) is 3. The van der Waals surface area contributed by atoms with E-state index < -0.39 is 0 Å². The van der Waals surface area contributed by atoms with E-state index in [1.54, 1.807) is 24.5 Å². The fourth-order valence-electron chi connectivity index (χ4n) is 3.92. The highest BCUT2D eigenvalue weighted by atomic mass is 16.5. The third-order valence-electron chi connectivity index (χ3n) is 5.24. The molecule has 0 aliphatic carbocycles. The Morgan fingerprint density at radius 3 is 2.57 bits per heavy atom. The summed E-state index contributed by atoms with van der Waals surface area (Å²) in [6.07, 6.45) is 5.40. The number of aromatic hydroxyl groups is 1. The maximum absolute atomic E-state index is 10.4. The van der Waals surface area contributed by atoms with Gasteiger partial charge in [-0.15, -0.1) is 10.2 Å². The van der Waals surface area contributed by atoms with E-state index in [2.05, 4.69) is 25.7 Å². The van der Waals surface area contributed by atoms with E-state index in [0.717, 1.165) is 37.2 Å². The number of morpholine rings is 1. The number of aromatic nitrogens is 4. The van der Waals surface area contributed by atoms with Gasteiger partial charge in [-0.3, -0.25) is 5.10 Å². The minimum absolute atomic E-state index is 0.114. The number of H-pyrrole nitrogens is 1. The Hall–Kier alpha value is -2.97. The molecule has 0 saturated carbocycles. The molecule has 1 aromatic carbocycles. The second-order valence-electron chi connectivity index (χ2n) is 7.28. The second kappa shape index (κ2) is 7.21. The van der Waals surface area contributed by atoms with Crippen molar-refractivity contribution in [2.24, 2.45) is 0 Å². The van der Waals surface area contributed by atoms with E-state index in [4.69, 9.17) is 9.47 Å². The van der Waals surface area contributed by atoms with E-state index in [0.29, 0.717) is 29.2 Å². The lowest BCUT2D eigenvalue weighted by Crippen LogP contribution is -2.56. The molecule has 2 fully saturated rings. The lowest BCUT2D eigenvalue weighted by Gasteiger charge is -2.39. The fourth-order valence-corrected chi connectivity index (χ4v) is 3.92. The minimum Gasteiger partial charge on any atom is -0.507 e. The van der Waals surface area contributed by atoms with Crippen molar-refractivity contribution < 1.29 is 14.6 Å². The van der Waals surface area contributed by atoms with E-state index in [1.807, 2.05) is 18.2 Å². The average Bonchev–Trinajstić information content (AvgIpc) is 3.23. The monoisotopic (exact) mass is 379 g/mol. The summed E-state index contributed by atoms with van der Waals surface area (Å²) < 4.78 is 11.6. The van der Waals surface area contributed by atoms with Gasteiger partial charge in [0.15, 0.2) is 0 Å². The lowest BCUT2D eigenvalue weighted by molar-refractivity contribution is -0.0134. The summed E-state index contributed by atoms with van der Waals surface area (Å²) >= 11 is 0. The van der Waals surface area contributed by atoms with E-state index >= 15 is 0 Å². The molecule has 2 saturated heterocycles. The van der Waals surface area contributed by atoms with Gasteiger partial charge in [-0.2, -0.15) is 5.10 Å². The molecule has 28 heavy (non-hydrogen) atoms. The Balaban J connectivity index is 1.30. The molecule has 2 aliphatic rings. The molecule has 2 aliphatic heterocycles. The molecular formula is C20H21N5O3. The molecule has 0 radical (unpaired) electrons. The molecule has 8 heteroatoms. The van der Waals surface area contributed by atoms with Crippen LogP contribution in [-0.2, 0) is 4.74 Å². The molecule has 0 unspecified atom stereocenters. The quantitative estimate of drug-likeness (QED) is 0.638. The first-order valence-corrected chi connectivity index (χ1v) is 9.41. The Bertz CT molecular complexity index is 933. The first-order chi connectivity index (χ1) is 13.7. The van der Waals surface area contributed by atoms with Crippen LogP contribution in [0, 0.1) is 0 Å². The van der Waals surface area contributed by atoms with Crippen LogP contribution in [0.15, 0.2) is 42.7 Å². The van der Waals surface area contributed by atoms with Crippen LogP contribution in [0.1, 0.15) is 12.8 Å². The van der Waals surface area contributed by atoms with Crippen molar-refractivity contribution in [2.45, 2.75) is 31.0 Å². The zero-order valence-electron chi connectivity index (χ0n) is 15.2. The van der Waals surface area contributed by atoms with Crippen molar-refractivity contribution in [1.82, 2.24) is 25.7 Å². The second-order valence-corrected chi connectivity index (χ2v) is 7.28. The van der Waals surface area contributed by atoms with Crippen LogP contribution in [0.4, 0.5) is 0 Å². The van der Waals surface area contributed by atoms with Gasteiger partial charge < -0.3 is 19.9 Å². The fraction of sp³-hybridized carbons (Fsp3) is 0.350. The van der Waals surface area contributed by atoms with Gasteiger partial charge in [-0.1, -0.05) is 6.07 Å². The number of aromatic amines is 1. The van der Waals surface area contributed by atoms with Crippen LogP contribution in [0.5, 0.6) is 11.6 Å². The average molecular weight is 379 g/mol. The standard InChI is InChI=1S/C20H21N5O3/c26-19-5-12(13-8-21-22-9-13)1-2-17(19)18-3-4-20(25-24-18)28-16-6-14-10-27-11-15(7-16)23-14/h1-5,8-9,14-16,23,26H,6-7,10-11H2,(H,21,22)/t14-,15-/m1/s1. The molecule has 0 spiro atoms. The highest BCUT2D eigenvalue weighted by molar-refractivity contribution is 5.73. The Labute approximate surface area is 161 Å². The predicted molar refractivity (Wildman–Crippen MR) is 102 cm³/mol. The molecular weight excluding hydrogens is 358 g/mol. The van der Waals surface area contributed by atoms with Crippen molar-refractivity contribution in [1.29, 1.82) is 0 Å². The number of rotatable bonds is 4. The molecule has 2 atom stereocenters. The zero-order valence-corrected chi connectivity index (χ0v) is 15.2. The molecule has 2 aromatic heterocycles. The molecule has 2 bridgehead atoms. The van der Waals surface area contributed by atoms with Gasteiger partial charge in [0.25, 0.3) is 0 Å². The van der Waals surface area contributed by atoms with Crippen LogP contribution in [0.3, 0.4) is 0 Å². The summed E-state index contributed by atoms with van der Waals surface area (Å²) in [5.74, 6) is 0.650. The van der Waals surface area contributed by atoms with Crippen LogP contribution < -0.4 is 10.1 Å². The number of piperidine rings is 1. The number of phenolic OH excluding ortho intramolecular Hbond substituents is 1. The summed E-state index contributed by atoms with van der Waals surface area (Å²) in [5.41, 5.74) is 3.01. The Morgan fingerprint density at radius 2 is 1.89 bits per heavy atom. The summed E-state index contributed by atoms with van der Waals surface area (Å²) in [6, 6.07) is 9.76. The van der Waals surface area contributed by atoms with E-state index in [9.17, 15) is 5.11 Å². The molecule has 5 rings (SSSR count). The number of nitrogens with one attached hydrogen (secondary N) is 2. The number of ether oxygens (including phenoxy) is 2. The predicted octanol–water partition coefficient (Wildman–Crippen LogP) is 2.14. The van der Waals surface area contributed by atoms with Gasteiger partial charge in [-0.05, 0) is 23.8 Å². The summed E-state index contributed by atoms with van der Waals surface area (Å²) in [5, 5.41) is 29.1. The first kappa shape index (κ1) is 17.2. The van der Waals surface area contributed by atoms with Crippen LogP contribution in [0.25, 0.3) is 22.4 Å². The SMILES string of the molecule is Oc1cc(-c2cn[nH]c2)ccc1-c1ccc(OC2C[C@@H]3COC[C@@H](C2)N3)nn1. The van der Waals surface area contributed by atoms with Crippen molar-refractivity contribution in [3.05, 3.63) is 42.7 Å². The molecule has 3 aromatic rings. The van der Waals surface area contributed by atoms with Gasteiger partial charge in [-0.25, -0.2) is 0 Å². The minimum atomic E-state index is 0.114. The van der Waals surface area contributed by atoms with Crippen molar-refractivity contribution >= 4 is 0 Å². The maximum atomic E-state index is 10.4. The van der Waals surface area contributed by atoms with Gasteiger partial charge in [0.1, 0.15) is 11.9 Å². The van der Waals surface area contributed by atoms with E-state index in [-0.39, 0.29) is 11.9 Å². The number of hydrogen-bond acceptors (Lipinski definition) is 7. The topological polar surface area (TPSA) is 105 Å². The normalized spacial score (nSPS) is 24.1. The number of phenols is 1.